The Balaban J connectivity index is 1.58. The van der Waals surface area contributed by atoms with E-state index in [4.69, 9.17) is 4.74 Å². The zero-order chi connectivity index (χ0) is 24.1. The van der Waals surface area contributed by atoms with Crippen molar-refractivity contribution in [2.24, 2.45) is 0 Å². The molecule has 0 radical (unpaired) electrons. The van der Waals surface area contributed by atoms with E-state index in [1.165, 1.54) is 12.1 Å². The van der Waals surface area contributed by atoms with Crippen LogP contribution in [-0.2, 0) is 32.6 Å². The zero-order valence-corrected chi connectivity index (χ0v) is 18.7. The molecule has 0 aliphatic rings. The van der Waals surface area contributed by atoms with Crippen LogP contribution in [0.4, 0.5) is 4.39 Å². The lowest BCUT2D eigenvalue weighted by Gasteiger charge is -2.18. The summed E-state index contributed by atoms with van der Waals surface area (Å²) in [5.74, 6) is -1.77. The highest BCUT2D eigenvalue weighted by atomic mass is 32.2. The number of pyridine rings is 1. The second-order valence-corrected chi connectivity index (χ2v) is 9.22. The largest absolute Gasteiger partial charge is 0.460 e. The number of fused-ring (bicyclic) bond motifs is 1. The first-order valence-electron chi connectivity index (χ1n) is 10.3. The predicted octanol–water partition coefficient (Wildman–Crippen LogP) is 3.58. The molecule has 0 spiro atoms. The van der Waals surface area contributed by atoms with Gasteiger partial charge < -0.3 is 9.14 Å². The Hall–Kier alpha value is -4.00. The summed E-state index contributed by atoms with van der Waals surface area (Å²) >= 11 is 0. The third-order valence-corrected chi connectivity index (χ3v) is 6.74. The summed E-state index contributed by atoms with van der Waals surface area (Å²) in [5.41, 5.74) is 2.20. The SMILES string of the molecule is N#Cc1c(COC(=O)[C@H](Cc2ccccc2)NS(=O)(=O)c2ccccc2F)cn2ccccc12. The van der Waals surface area contributed by atoms with Crippen molar-refractivity contribution in [2.75, 3.05) is 0 Å². The van der Waals surface area contributed by atoms with E-state index in [9.17, 15) is 22.9 Å². The number of sulfonamides is 1. The second kappa shape index (κ2) is 9.87. The molecular formula is C25H20FN3O4S. The van der Waals surface area contributed by atoms with Crippen molar-refractivity contribution >= 4 is 21.5 Å². The molecule has 0 aliphatic heterocycles. The van der Waals surface area contributed by atoms with Crippen LogP contribution < -0.4 is 4.72 Å². The molecule has 0 bridgehead atoms. The molecule has 9 heteroatoms. The summed E-state index contributed by atoms with van der Waals surface area (Å²) in [7, 11) is -4.35. The highest BCUT2D eigenvalue weighted by Crippen LogP contribution is 2.20. The lowest BCUT2D eigenvalue weighted by molar-refractivity contribution is -0.147. The summed E-state index contributed by atoms with van der Waals surface area (Å²) in [6, 6.07) is 19.9. The molecule has 2 aromatic heterocycles. The smallest absolute Gasteiger partial charge is 0.324 e. The van der Waals surface area contributed by atoms with E-state index in [1.54, 1.807) is 65.3 Å². The Morgan fingerprint density at radius 1 is 1.06 bits per heavy atom. The number of halogens is 1. The fourth-order valence-electron chi connectivity index (χ4n) is 3.60. The molecule has 0 fully saturated rings. The fraction of sp³-hybridized carbons (Fsp3) is 0.120. The number of esters is 1. The van der Waals surface area contributed by atoms with Crippen molar-refractivity contribution in [1.29, 1.82) is 5.26 Å². The Morgan fingerprint density at radius 2 is 1.76 bits per heavy atom. The third-order valence-electron chi connectivity index (χ3n) is 5.23. The van der Waals surface area contributed by atoms with Gasteiger partial charge in [-0.15, -0.1) is 0 Å². The van der Waals surface area contributed by atoms with Gasteiger partial charge >= 0.3 is 5.97 Å². The minimum Gasteiger partial charge on any atom is -0.460 e. The number of hydrogen-bond donors (Lipinski definition) is 1. The van der Waals surface area contributed by atoms with Crippen LogP contribution in [-0.4, -0.2) is 24.8 Å². The maximum absolute atomic E-state index is 14.1. The first kappa shape index (κ1) is 23.2. The number of nitrogens with zero attached hydrogens (tertiary/aromatic N) is 2. The van der Waals surface area contributed by atoms with Crippen LogP contribution in [0.5, 0.6) is 0 Å². The van der Waals surface area contributed by atoms with Crippen LogP contribution in [0.25, 0.3) is 5.52 Å². The molecule has 1 atom stereocenters. The molecule has 2 aromatic carbocycles. The van der Waals surface area contributed by atoms with Gasteiger partial charge in [-0.3, -0.25) is 4.79 Å². The fourth-order valence-corrected chi connectivity index (χ4v) is 4.87. The van der Waals surface area contributed by atoms with E-state index < -0.39 is 32.7 Å². The number of nitriles is 1. The number of aromatic nitrogens is 1. The summed E-state index contributed by atoms with van der Waals surface area (Å²) in [6.07, 6.45) is 3.44. The first-order valence-corrected chi connectivity index (χ1v) is 11.8. The minimum atomic E-state index is -4.35. The van der Waals surface area contributed by atoms with Gasteiger partial charge in [-0.05, 0) is 36.2 Å². The summed E-state index contributed by atoms with van der Waals surface area (Å²) < 4.78 is 49.3. The van der Waals surface area contributed by atoms with Crippen LogP contribution >= 0.6 is 0 Å². The number of hydrogen-bond acceptors (Lipinski definition) is 5. The predicted molar refractivity (Wildman–Crippen MR) is 123 cm³/mol. The van der Waals surface area contributed by atoms with Crippen molar-refractivity contribution in [3.63, 3.8) is 0 Å². The maximum Gasteiger partial charge on any atom is 0.324 e. The van der Waals surface area contributed by atoms with Crippen molar-refractivity contribution < 1.29 is 22.3 Å². The molecule has 0 saturated heterocycles. The molecule has 1 N–H and O–H groups in total. The lowest BCUT2D eigenvalue weighted by Crippen LogP contribution is -2.43. The molecule has 2 heterocycles. The van der Waals surface area contributed by atoms with E-state index in [0.717, 1.165) is 12.1 Å². The standard InChI is InChI=1S/C25H20FN3O4S/c26-21-10-4-5-12-24(21)34(31,32)28-22(14-18-8-2-1-3-9-18)25(30)33-17-19-16-29-13-7-6-11-23(29)20(19)15-27/h1-13,16,22,28H,14,17H2/t22-/m0/s1. The Bertz CT molecular complexity index is 1480. The van der Waals surface area contributed by atoms with Crippen molar-refractivity contribution in [2.45, 2.75) is 24.0 Å². The number of carbonyl (C=O) groups is 1. The molecule has 0 saturated carbocycles. The van der Waals surface area contributed by atoms with E-state index in [-0.39, 0.29) is 13.0 Å². The van der Waals surface area contributed by atoms with Gasteiger partial charge in [0.15, 0.2) is 0 Å². The zero-order valence-electron chi connectivity index (χ0n) is 17.9. The van der Waals surface area contributed by atoms with Gasteiger partial charge in [-0.2, -0.15) is 9.98 Å². The highest BCUT2D eigenvalue weighted by Gasteiger charge is 2.29. The highest BCUT2D eigenvalue weighted by molar-refractivity contribution is 7.89. The monoisotopic (exact) mass is 477 g/mol. The molecule has 0 aliphatic carbocycles. The average Bonchev–Trinajstić information content (AvgIpc) is 3.20. The number of rotatable bonds is 8. The molecule has 0 unspecified atom stereocenters. The number of ether oxygens (including phenoxy) is 1. The molecule has 172 valence electrons. The van der Waals surface area contributed by atoms with Crippen molar-refractivity contribution in [1.82, 2.24) is 9.12 Å². The molecule has 4 rings (SSSR count). The van der Waals surface area contributed by atoms with Gasteiger partial charge in [0.25, 0.3) is 0 Å². The van der Waals surface area contributed by atoms with Crippen LogP contribution in [0, 0.1) is 17.1 Å². The summed E-state index contributed by atoms with van der Waals surface area (Å²) in [6.45, 7) is -0.226. The molecule has 7 nitrogen and oxygen atoms in total. The van der Waals surface area contributed by atoms with Gasteiger partial charge in [0, 0.05) is 18.0 Å². The normalized spacial score (nSPS) is 12.2. The van der Waals surface area contributed by atoms with Gasteiger partial charge in [0.05, 0.1) is 11.1 Å². The van der Waals surface area contributed by atoms with E-state index in [1.807, 2.05) is 0 Å². The van der Waals surface area contributed by atoms with Crippen molar-refractivity contribution in [3.05, 3.63) is 108 Å². The average molecular weight is 478 g/mol. The Kier molecular flexibility index (Phi) is 6.72. The van der Waals surface area contributed by atoms with Gasteiger partial charge in [-0.1, -0.05) is 48.5 Å². The Morgan fingerprint density at radius 3 is 2.50 bits per heavy atom. The molecular weight excluding hydrogens is 457 g/mol. The molecule has 34 heavy (non-hydrogen) atoms. The summed E-state index contributed by atoms with van der Waals surface area (Å²) in [5, 5.41) is 9.55. The maximum atomic E-state index is 14.1. The van der Waals surface area contributed by atoms with Crippen LogP contribution in [0.1, 0.15) is 16.7 Å². The van der Waals surface area contributed by atoms with E-state index >= 15 is 0 Å². The van der Waals surface area contributed by atoms with Gasteiger partial charge in [0.1, 0.15) is 29.4 Å². The lowest BCUT2D eigenvalue weighted by atomic mass is 10.1. The quantitative estimate of drug-likeness (QED) is 0.391. The van der Waals surface area contributed by atoms with E-state index in [2.05, 4.69) is 10.8 Å². The number of carbonyl (C=O) groups excluding carboxylic acids is 1. The van der Waals surface area contributed by atoms with Crippen LogP contribution in [0.3, 0.4) is 0 Å². The van der Waals surface area contributed by atoms with Crippen LogP contribution in [0.15, 0.2) is 90.1 Å². The minimum absolute atomic E-state index is 0.00377. The number of benzene rings is 2. The topological polar surface area (TPSA) is 101 Å². The van der Waals surface area contributed by atoms with Gasteiger partial charge in [-0.25, -0.2) is 12.8 Å². The summed E-state index contributed by atoms with van der Waals surface area (Å²) in [4.78, 5) is 12.4. The van der Waals surface area contributed by atoms with Gasteiger partial charge in [0.2, 0.25) is 10.0 Å². The third kappa shape index (κ3) is 4.98. The molecule has 4 aromatic rings. The first-order chi connectivity index (χ1) is 16.4. The van der Waals surface area contributed by atoms with Crippen molar-refractivity contribution in [3.8, 4) is 6.07 Å². The molecule has 0 amide bonds. The number of nitrogens with one attached hydrogen (secondary N) is 1. The van der Waals surface area contributed by atoms with E-state index in [0.29, 0.717) is 22.2 Å². The van der Waals surface area contributed by atoms with Crippen LogP contribution in [0.2, 0.25) is 0 Å². The Labute approximate surface area is 196 Å². The second-order valence-electron chi connectivity index (χ2n) is 7.54.